The lowest BCUT2D eigenvalue weighted by atomic mass is 9.99. The van der Waals surface area contributed by atoms with E-state index >= 15 is 0 Å². The minimum Gasteiger partial charge on any atom is -0.395 e. The van der Waals surface area contributed by atoms with Crippen molar-refractivity contribution >= 4 is 5.69 Å². The van der Waals surface area contributed by atoms with Crippen molar-refractivity contribution in [3.63, 3.8) is 0 Å². The van der Waals surface area contributed by atoms with Crippen LogP contribution in [0.5, 0.6) is 11.5 Å². The van der Waals surface area contributed by atoms with Gasteiger partial charge in [-0.05, 0) is 60.5 Å². The first-order valence-corrected chi connectivity index (χ1v) is 9.61. The number of fused-ring (bicyclic) bond motifs is 1. The predicted octanol–water partition coefficient (Wildman–Crippen LogP) is 7.04. The van der Waals surface area contributed by atoms with Gasteiger partial charge < -0.3 is 14.8 Å². The lowest BCUT2D eigenvalue weighted by Gasteiger charge is -2.12. The molecule has 0 saturated heterocycles. The van der Waals surface area contributed by atoms with Crippen LogP contribution in [0.1, 0.15) is 25.0 Å². The number of halogens is 5. The number of anilines is 1. The maximum Gasteiger partial charge on any atom is 0.586 e. The standard InChI is InChI=1S/C21H14F5NO2.C2H6/c1-11-7-19-20(29-21(25,26)28-19)9-14(11)13-6-5-12(8-18(13)24)27-10-15-16(22)3-2-4-17(15)23;1-2/h2-9,27H,10H2,1H3;1-2H3. The van der Waals surface area contributed by atoms with Gasteiger partial charge in [-0.3, -0.25) is 0 Å². The highest BCUT2D eigenvalue weighted by Crippen LogP contribution is 2.45. The van der Waals surface area contributed by atoms with Crippen LogP contribution in [-0.2, 0) is 6.54 Å². The van der Waals surface area contributed by atoms with Crippen molar-refractivity contribution in [2.75, 3.05) is 5.32 Å². The summed E-state index contributed by atoms with van der Waals surface area (Å²) in [4.78, 5) is 0. The number of rotatable bonds is 4. The number of benzene rings is 3. The van der Waals surface area contributed by atoms with E-state index in [0.29, 0.717) is 16.8 Å². The molecule has 164 valence electrons. The Hall–Kier alpha value is -3.29. The van der Waals surface area contributed by atoms with E-state index in [-0.39, 0.29) is 29.2 Å². The highest BCUT2D eigenvalue weighted by molar-refractivity contribution is 5.73. The predicted molar refractivity (Wildman–Crippen MR) is 108 cm³/mol. The summed E-state index contributed by atoms with van der Waals surface area (Å²) in [6, 6.07) is 10.3. The van der Waals surface area contributed by atoms with E-state index in [2.05, 4.69) is 14.8 Å². The summed E-state index contributed by atoms with van der Waals surface area (Å²) < 4.78 is 77.4. The quantitative estimate of drug-likeness (QED) is 0.444. The van der Waals surface area contributed by atoms with Gasteiger partial charge in [-0.1, -0.05) is 19.9 Å². The van der Waals surface area contributed by atoms with Gasteiger partial charge in [-0.25, -0.2) is 13.2 Å². The number of aryl methyl sites for hydroxylation is 1. The molecule has 0 amide bonds. The molecule has 1 heterocycles. The Morgan fingerprint density at radius 3 is 2.03 bits per heavy atom. The lowest BCUT2D eigenvalue weighted by molar-refractivity contribution is -0.286. The molecule has 0 aromatic heterocycles. The first kappa shape index (κ1) is 22.4. The monoisotopic (exact) mass is 437 g/mol. The second kappa shape index (κ2) is 8.83. The van der Waals surface area contributed by atoms with Gasteiger partial charge in [0, 0.05) is 23.4 Å². The number of alkyl halides is 2. The fourth-order valence-electron chi connectivity index (χ4n) is 3.12. The summed E-state index contributed by atoms with van der Waals surface area (Å²) in [5.74, 6) is -2.36. The van der Waals surface area contributed by atoms with Crippen molar-refractivity contribution in [1.29, 1.82) is 0 Å². The number of nitrogens with one attached hydrogen (secondary N) is 1. The minimum atomic E-state index is -3.76. The van der Waals surface area contributed by atoms with Gasteiger partial charge in [0.05, 0.1) is 0 Å². The highest BCUT2D eigenvalue weighted by atomic mass is 19.3. The van der Waals surface area contributed by atoms with Crippen LogP contribution in [0, 0.1) is 24.4 Å². The summed E-state index contributed by atoms with van der Waals surface area (Å²) in [7, 11) is 0. The molecule has 0 saturated carbocycles. The van der Waals surface area contributed by atoms with Crippen molar-refractivity contribution in [1.82, 2.24) is 0 Å². The average molecular weight is 437 g/mol. The van der Waals surface area contributed by atoms with Crippen LogP contribution >= 0.6 is 0 Å². The molecule has 1 aliphatic rings. The van der Waals surface area contributed by atoms with E-state index in [1.165, 1.54) is 30.3 Å². The third-order valence-electron chi connectivity index (χ3n) is 4.54. The number of hydrogen-bond donors (Lipinski definition) is 1. The van der Waals surface area contributed by atoms with Crippen LogP contribution in [-0.4, -0.2) is 6.29 Å². The Morgan fingerprint density at radius 1 is 0.806 bits per heavy atom. The van der Waals surface area contributed by atoms with E-state index in [4.69, 9.17) is 0 Å². The van der Waals surface area contributed by atoms with Crippen molar-refractivity contribution in [3.05, 3.63) is 77.1 Å². The van der Waals surface area contributed by atoms with Gasteiger partial charge in [0.1, 0.15) is 17.5 Å². The Labute approximate surface area is 176 Å². The molecule has 0 atom stereocenters. The molecule has 3 nitrogen and oxygen atoms in total. The zero-order valence-electron chi connectivity index (χ0n) is 17.0. The molecule has 0 aliphatic carbocycles. The summed E-state index contributed by atoms with van der Waals surface area (Å²) >= 11 is 0. The average Bonchev–Trinajstić information content (AvgIpc) is 3.01. The van der Waals surface area contributed by atoms with Crippen molar-refractivity contribution < 1.29 is 31.4 Å². The largest absolute Gasteiger partial charge is 0.586 e. The van der Waals surface area contributed by atoms with E-state index in [0.717, 1.165) is 18.2 Å². The zero-order chi connectivity index (χ0) is 22.8. The van der Waals surface area contributed by atoms with Gasteiger partial charge >= 0.3 is 6.29 Å². The summed E-state index contributed by atoms with van der Waals surface area (Å²) in [5, 5.41) is 2.77. The molecule has 1 N–H and O–H groups in total. The van der Waals surface area contributed by atoms with Crippen LogP contribution in [0.2, 0.25) is 0 Å². The van der Waals surface area contributed by atoms with Crippen LogP contribution in [0.15, 0.2) is 48.5 Å². The SMILES string of the molecule is CC.Cc1cc2c(cc1-c1ccc(NCc3c(F)cccc3F)cc1F)OC(F)(F)O2. The van der Waals surface area contributed by atoms with Gasteiger partial charge in [0.25, 0.3) is 0 Å². The van der Waals surface area contributed by atoms with E-state index < -0.39 is 23.7 Å². The zero-order valence-corrected chi connectivity index (χ0v) is 17.0. The molecular formula is C23H20F5NO2. The van der Waals surface area contributed by atoms with E-state index in [1.54, 1.807) is 6.92 Å². The van der Waals surface area contributed by atoms with Crippen molar-refractivity contribution in [2.24, 2.45) is 0 Å². The molecule has 1 aliphatic heterocycles. The van der Waals surface area contributed by atoms with Gasteiger partial charge in [0.2, 0.25) is 0 Å². The number of hydrogen-bond acceptors (Lipinski definition) is 3. The Bertz CT molecular complexity index is 1080. The van der Waals surface area contributed by atoms with Crippen LogP contribution in [0.25, 0.3) is 11.1 Å². The molecular weight excluding hydrogens is 417 g/mol. The smallest absolute Gasteiger partial charge is 0.395 e. The molecule has 0 unspecified atom stereocenters. The molecule has 8 heteroatoms. The fraction of sp³-hybridized carbons (Fsp3) is 0.217. The summed E-state index contributed by atoms with van der Waals surface area (Å²) in [6.07, 6.45) is -3.76. The molecule has 0 radical (unpaired) electrons. The Balaban J connectivity index is 0.00000132. The van der Waals surface area contributed by atoms with E-state index in [1.807, 2.05) is 13.8 Å². The third kappa shape index (κ3) is 4.73. The first-order chi connectivity index (χ1) is 14.7. The van der Waals surface area contributed by atoms with Crippen molar-refractivity contribution in [3.8, 4) is 22.6 Å². The van der Waals surface area contributed by atoms with Crippen LogP contribution in [0.3, 0.4) is 0 Å². The third-order valence-corrected chi connectivity index (χ3v) is 4.54. The second-order valence-electron chi connectivity index (χ2n) is 6.53. The molecule has 3 aromatic carbocycles. The molecule has 4 rings (SSSR count). The van der Waals surface area contributed by atoms with Gasteiger partial charge in [0.15, 0.2) is 11.5 Å². The highest BCUT2D eigenvalue weighted by Gasteiger charge is 2.43. The normalized spacial score (nSPS) is 13.4. The fourth-order valence-corrected chi connectivity index (χ4v) is 3.12. The molecule has 0 fully saturated rings. The maximum atomic E-state index is 14.7. The Morgan fingerprint density at radius 2 is 1.42 bits per heavy atom. The molecule has 0 spiro atoms. The summed E-state index contributed by atoms with van der Waals surface area (Å²) in [6.45, 7) is 5.46. The maximum absolute atomic E-state index is 14.7. The van der Waals surface area contributed by atoms with Gasteiger partial charge in [-0.15, -0.1) is 8.78 Å². The topological polar surface area (TPSA) is 30.5 Å². The molecule has 3 aromatic rings. The first-order valence-electron chi connectivity index (χ1n) is 9.61. The van der Waals surface area contributed by atoms with Crippen LogP contribution in [0.4, 0.5) is 27.6 Å². The second-order valence-corrected chi connectivity index (χ2v) is 6.53. The van der Waals surface area contributed by atoms with Crippen molar-refractivity contribution in [2.45, 2.75) is 33.6 Å². The van der Waals surface area contributed by atoms with E-state index in [9.17, 15) is 22.0 Å². The summed E-state index contributed by atoms with van der Waals surface area (Å²) in [5.41, 5.74) is 1.17. The molecule has 31 heavy (non-hydrogen) atoms. The lowest BCUT2D eigenvalue weighted by Crippen LogP contribution is -2.25. The van der Waals surface area contributed by atoms with Crippen LogP contribution < -0.4 is 14.8 Å². The molecule has 0 bridgehead atoms. The number of ether oxygens (including phenoxy) is 2. The van der Waals surface area contributed by atoms with Gasteiger partial charge in [-0.2, -0.15) is 0 Å². The Kier molecular flexibility index (Phi) is 6.38. The minimum absolute atomic E-state index is 0.123.